The Bertz CT molecular complexity index is 176. The molecule has 1 fully saturated rings. The van der Waals surface area contributed by atoms with E-state index < -0.39 is 0 Å². The molecule has 0 aromatic heterocycles. The Morgan fingerprint density at radius 1 is 1.35 bits per heavy atom. The molecule has 0 aromatic carbocycles. The SMILES string of the molecule is CC(C)N(C)CCCCNCC1CCCNC1. The van der Waals surface area contributed by atoms with Gasteiger partial charge in [0.15, 0.2) is 0 Å². The van der Waals surface area contributed by atoms with Gasteiger partial charge in [-0.25, -0.2) is 0 Å². The fourth-order valence-corrected chi connectivity index (χ4v) is 2.27. The molecule has 1 heterocycles. The molecule has 0 radical (unpaired) electrons. The van der Waals surface area contributed by atoms with Crippen LogP contribution in [0.3, 0.4) is 0 Å². The van der Waals surface area contributed by atoms with Gasteiger partial charge in [0.2, 0.25) is 0 Å². The number of unbranched alkanes of at least 4 members (excludes halogenated alkanes) is 1. The normalized spacial score (nSPS) is 21.4. The molecule has 3 nitrogen and oxygen atoms in total. The van der Waals surface area contributed by atoms with Gasteiger partial charge >= 0.3 is 0 Å². The molecule has 1 unspecified atom stereocenters. The summed E-state index contributed by atoms with van der Waals surface area (Å²) in [5, 5.41) is 7.07. The molecule has 0 saturated carbocycles. The Kier molecular flexibility index (Phi) is 7.82. The molecule has 0 aliphatic carbocycles. The van der Waals surface area contributed by atoms with Gasteiger partial charge in [0.1, 0.15) is 0 Å². The lowest BCUT2D eigenvalue weighted by Crippen LogP contribution is -2.36. The molecule has 17 heavy (non-hydrogen) atoms. The molecule has 2 N–H and O–H groups in total. The molecule has 102 valence electrons. The molecular formula is C14H31N3. The lowest BCUT2D eigenvalue weighted by molar-refractivity contribution is 0.267. The van der Waals surface area contributed by atoms with E-state index >= 15 is 0 Å². The summed E-state index contributed by atoms with van der Waals surface area (Å²) < 4.78 is 0. The summed E-state index contributed by atoms with van der Waals surface area (Å²) in [7, 11) is 2.21. The molecule has 0 spiro atoms. The molecule has 1 rings (SSSR count). The zero-order valence-electron chi connectivity index (χ0n) is 12.0. The fourth-order valence-electron chi connectivity index (χ4n) is 2.27. The van der Waals surface area contributed by atoms with Crippen LogP contribution >= 0.6 is 0 Å². The van der Waals surface area contributed by atoms with Gasteiger partial charge in [0, 0.05) is 6.04 Å². The van der Waals surface area contributed by atoms with E-state index in [9.17, 15) is 0 Å². The van der Waals surface area contributed by atoms with Crippen molar-refractivity contribution in [1.82, 2.24) is 15.5 Å². The van der Waals surface area contributed by atoms with E-state index in [2.05, 4.69) is 36.4 Å². The first-order valence-corrected chi connectivity index (χ1v) is 7.32. The van der Waals surface area contributed by atoms with Gasteiger partial charge in [-0.2, -0.15) is 0 Å². The molecule has 3 heteroatoms. The summed E-state index contributed by atoms with van der Waals surface area (Å²) in [4.78, 5) is 2.42. The van der Waals surface area contributed by atoms with Crippen molar-refractivity contribution >= 4 is 0 Å². The summed E-state index contributed by atoms with van der Waals surface area (Å²) >= 11 is 0. The minimum atomic E-state index is 0.677. The van der Waals surface area contributed by atoms with Crippen LogP contribution in [0.15, 0.2) is 0 Å². The molecule has 1 atom stereocenters. The lowest BCUT2D eigenvalue weighted by Gasteiger charge is -2.23. The number of rotatable bonds is 8. The Hall–Kier alpha value is -0.120. The van der Waals surface area contributed by atoms with Crippen LogP contribution in [0, 0.1) is 5.92 Å². The standard InChI is InChI=1S/C14H31N3/c1-13(2)17(3)10-5-4-8-15-11-14-7-6-9-16-12-14/h13-16H,4-12H2,1-3H3. The van der Waals surface area contributed by atoms with Crippen molar-refractivity contribution < 1.29 is 0 Å². The van der Waals surface area contributed by atoms with E-state index in [-0.39, 0.29) is 0 Å². The lowest BCUT2D eigenvalue weighted by atomic mass is 10.00. The molecule has 1 aliphatic rings. The predicted molar refractivity (Wildman–Crippen MR) is 75.5 cm³/mol. The smallest absolute Gasteiger partial charge is 0.00355 e. The van der Waals surface area contributed by atoms with Crippen molar-refractivity contribution in [3.05, 3.63) is 0 Å². The van der Waals surface area contributed by atoms with Gasteiger partial charge in [-0.3, -0.25) is 0 Å². The zero-order chi connectivity index (χ0) is 12.5. The summed E-state index contributed by atoms with van der Waals surface area (Å²) in [5.41, 5.74) is 0. The molecule has 0 amide bonds. The number of hydrogen-bond donors (Lipinski definition) is 2. The fraction of sp³-hybridized carbons (Fsp3) is 1.00. The zero-order valence-corrected chi connectivity index (χ0v) is 12.0. The van der Waals surface area contributed by atoms with Crippen LogP contribution in [-0.4, -0.2) is 50.7 Å². The van der Waals surface area contributed by atoms with Crippen molar-refractivity contribution in [1.29, 1.82) is 0 Å². The quantitative estimate of drug-likeness (QED) is 0.633. The topological polar surface area (TPSA) is 27.3 Å². The Balaban J connectivity index is 1.87. The van der Waals surface area contributed by atoms with Crippen LogP contribution in [-0.2, 0) is 0 Å². The summed E-state index contributed by atoms with van der Waals surface area (Å²) in [6.07, 6.45) is 5.36. The van der Waals surface area contributed by atoms with E-state index in [0.717, 1.165) is 5.92 Å². The van der Waals surface area contributed by atoms with Gasteiger partial charge in [0.05, 0.1) is 0 Å². The molecule has 1 aliphatic heterocycles. The molecular weight excluding hydrogens is 210 g/mol. The van der Waals surface area contributed by atoms with Crippen LogP contribution in [0.1, 0.15) is 39.5 Å². The van der Waals surface area contributed by atoms with Crippen LogP contribution in [0.25, 0.3) is 0 Å². The second kappa shape index (κ2) is 8.90. The van der Waals surface area contributed by atoms with E-state index in [1.54, 1.807) is 0 Å². The second-order valence-corrected chi connectivity index (χ2v) is 5.70. The summed E-state index contributed by atoms with van der Waals surface area (Å²) in [5.74, 6) is 0.863. The maximum absolute atomic E-state index is 3.60. The first kappa shape index (κ1) is 14.9. The third kappa shape index (κ3) is 7.02. The van der Waals surface area contributed by atoms with Crippen LogP contribution in [0.2, 0.25) is 0 Å². The number of nitrogens with zero attached hydrogens (tertiary/aromatic N) is 1. The third-order valence-electron chi connectivity index (χ3n) is 3.83. The van der Waals surface area contributed by atoms with Crippen LogP contribution in [0.4, 0.5) is 0 Å². The molecule has 0 bridgehead atoms. The Morgan fingerprint density at radius 3 is 2.82 bits per heavy atom. The maximum Gasteiger partial charge on any atom is 0.00355 e. The van der Waals surface area contributed by atoms with Crippen molar-refractivity contribution in [3.8, 4) is 0 Å². The van der Waals surface area contributed by atoms with E-state index in [1.165, 1.54) is 58.4 Å². The third-order valence-corrected chi connectivity index (χ3v) is 3.83. The Labute approximate surface area is 107 Å². The van der Waals surface area contributed by atoms with Crippen molar-refractivity contribution in [3.63, 3.8) is 0 Å². The van der Waals surface area contributed by atoms with Gasteiger partial charge < -0.3 is 15.5 Å². The van der Waals surface area contributed by atoms with Gasteiger partial charge in [-0.15, -0.1) is 0 Å². The van der Waals surface area contributed by atoms with Crippen molar-refractivity contribution in [2.45, 2.75) is 45.6 Å². The Morgan fingerprint density at radius 2 is 2.18 bits per heavy atom. The molecule has 1 saturated heterocycles. The van der Waals surface area contributed by atoms with E-state index in [0.29, 0.717) is 6.04 Å². The predicted octanol–water partition coefficient (Wildman–Crippen LogP) is 1.70. The monoisotopic (exact) mass is 241 g/mol. The van der Waals surface area contributed by atoms with Gasteiger partial charge in [0.25, 0.3) is 0 Å². The van der Waals surface area contributed by atoms with Gasteiger partial charge in [-0.05, 0) is 85.2 Å². The average Bonchev–Trinajstić information content (AvgIpc) is 2.34. The highest BCUT2D eigenvalue weighted by Gasteiger charge is 2.11. The van der Waals surface area contributed by atoms with Gasteiger partial charge in [-0.1, -0.05) is 0 Å². The molecule has 0 aromatic rings. The number of hydrogen-bond acceptors (Lipinski definition) is 3. The highest BCUT2D eigenvalue weighted by atomic mass is 15.1. The summed E-state index contributed by atoms with van der Waals surface area (Å²) in [6.45, 7) is 10.6. The minimum Gasteiger partial charge on any atom is -0.316 e. The van der Waals surface area contributed by atoms with Crippen molar-refractivity contribution in [2.24, 2.45) is 5.92 Å². The number of piperidine rings is 1. The average molecular weight is 241 g/mol. The van der Waals surface area contributed by atoms with E-state index in [1.807, 2.05) is 0 Å². The second-order valence-electron chi connectivity index (χ2n) is 5.70. The van der Waals surface area contributed by atoms with Crippen LogP contribution < -0.4 is 10.6 Å². The maximum atomic E-state index is 3.60. The largest absolute Gasteiger partial charge is 0.316 e. The highest BCUT2D eigenvalue weighted by molar-refractivity contribution is 4.70. The first-order valence-electron chi connectivity index (χ1n) is 7.32. The van der Waals surface area contributed by atoms with Crippen molar-refractivity contribution in [2.75, 3.05) is 39.8 Å². The number of nitrogens with one attached hydrogen (secondary N) is 2. The summed E-state index contributed by atoms with van der Waals surface area (Å²) in [6, 6.07) is 0.677. The van der Waals surface area contributed by atoms with E-state index in [4.69, 9.17) is 0 Å². The minimum absolute atomic E-state index is 0.677. The highest BCUT2D eigenvalue weighted by Crippen LogP contribution is 2.08. The first-order chi connectivity index (χ1) is 8.20. The van der Waals surface area contributed by atoms with Crippen LogP contribution in [0.5, 0.6) is 0 Å².